The minimum Gasteiger partial charge on any atom is -0.393 e. The lowest BCUT2D eigenvalue weighted by atomic mass is 10.2. The normalized spacial score (nSPS) is 13.4. The first-order valence-corrected chi connectivity index (χ1v) is 8.17. The molecule has 0 aliphatic heterocycles. The second-order valence-electron chi connectivity index (χ2n) is 4.33. The summed E-state index contributed by atoms with van der Waals surface area (Å²) in [6.07, 6.45) is 0. The maximum Gasteiger partial charge on any atom is 0.244 e. The Labute approximate surface area is 128 Å². The summed E-state index contributed by atoms with van der Waals surface area (Å²) in [6.45, 7) is 3.74. The summed E-state index contributed by atoms with van der Waals surface area (Å²) in [5.41, 5.74) is 5.50. The topological polar surface area (TPSA) is 63.4 Å². The molecule has 0 bridgehead atoms. The molecule has 0 heterocycles. The first-order valence-electron chi connectivity index (χ1n) is 5.94. The van der Waals surface area contributed by atoms with Gasteiger partial charge in [-0.2, -0.15) is 4.31 Å². The Balaban J connectivity index is 3.18. The van der Waals surface area contributed by atoms with Crippen molar-refractivity contribution in [3.8, 4) is 0 Å². The van der Waals surface area contributed by atoms with Gasteiger partial charge in [-0.05, 0) is 18.2 Å². The smallest absolute Gasteiger partial charge is 0.244 e. The van der Waals surface area contributed by atoms with Crippen molar-refractivity contribution in [3.05, 3.63) is 29.0 Å². The zero-order chi connectivity index (χ0) is 15.5. The SMILES string of the molecule is CCN(CC(C)C(N)=S)S(=O)(=O)c1cc(F)ccc1Cl. The van der Waals surface area contributed by atoms with Crippen LogP contribution in [0.25, 0.3) is 0 Å². The highest BCUT2D eigenvalue weighted by Crippen LogP contribution is 2.26. The Bertz CT molecular complexity index is 607. The summed E-state index contributed by atoms with van der Waals surface area (Å²) in [6, 6.07) is 3.23. The number of hydrogen-bond acceptors (Lipinski definition) is 3. The molecule has 0 aliphatic rings. The van der Waals surface area contributed by atoms with Crippen LogP contribution in [0.2, 0.25) is 5.02 Å². The molecule has 0 saturated heterocycles. The first-order chi connectivity index (χ1) is 9.20. The van der Waals surface area contributed by atoms with E-state index in [0.29, 0.717) is 0 Å². The van der Waals surface area contributed by atoms with Gasteiger partial charge in [0.05, 0.1) is 10.0 Å². The van der Waals surface area contributed by atoms with Gasteiger partial charge in [-0.15, -0.1) is 0 Å². The predicted molar refractivity (Wildman–Crippen MR) is 81.8 cm³/mol. The summed E-state index contributed by atoms with van der Waals surface area (Å²) in [5.74, 6) is -0.946. The van der Waals surface area contributed by atoms with Gasteiger partial charge in [-0.3, -0.25) is 0 Å². The van der Waals surface area contributed by atoms with Crippen molar-refractivity contribution in [2.45, 2.75) is 18.7 Å². The van der Waals surface area contributed by atoms with Crippen molar-refractivity contribution in [3.63, 3.8) is 0 Å². The molecule has 0 fully saturated rings. The largest absolute Gasteiger partial charge is 0.393 e. The predicted octanol–water partition coefficient (Wildman–Crippen LogP) is 2.41. The molecule has 0 amide bonds. The fourth-order valence-electron chi connectivity index (χ4n) is 1.61. The standard InChI is InChI=1S/C12H16ClFN2O2S2/c1-3-16(7-8(2)12(15)19)20(17,18)11-6-9(14)4-5-10(11)13/h4-6,8H,3,7H2,1-2H3,(H2,15,19). The second kappa shape index (κ2) is 6.80. The molecule has 0 aromatic heterocycles. The molecule has 4 nitrogen and oxygen atoms in total. The number of sulfonamides is 1. The summed E-state index contributed by atoms with van der Waals surface area (Å²) < 4.78 is 39.4. The van der Waals surface area contributed by atoms with Crippen LogP contribution in [0, 0.1) is 11.7 Å². The van der Waals surface area contributed by atoms with Gasteiger partial charge in [0.25, 0.3) is 0 Å². The van der Waals surface area contributed by atoms with Crippen LogP contribution in [-0.2, 0) is 10.0 Å². The zero-order valence-corrected chi connectivity index (χ0v) is 13.5. The molecule has 112 valence electrons. The van der Waals surface area contributed by atoms with Gasteiger partial charge in [0.15, 0.2) is 0 Å². The molecule has 0 radical (unpaired) electrons. The Morgan fingerprint density at radius 1 is 1.55 bits per heavy atom. The van der Waals surface area contributed by atoms with Gasteiger partial charge >= 0.3 is 0 Å². The number of nitrogens with zero attached hydrogens (tertiary/aromatic N) is 1. The maximum absolute atomic E-state index is 13.3. The van der Waals surface area contributed by atoms with Crippen LogP contribution in [-0.4, -0.2) is 30.8 Å². The van der Waals surface area contributed by atoms with Crippen LogP contribution in [0.1, 0.15) is 13.8 Å². The molecule has 2 N–H and O–H groups in total. The monoisotopic (exact) mass is 338 g/mol. The van der Waals surface area contributed by atoms with Crippen molar-refractivity contribution in [2.24, 2.45) is 11.7 Å². The number of benzene rings is 1. The molecule has 8 heteroatoms. The summed E-state index contributed by atoms with van der Waals surface area (Å²) in [7, 11) is -3.89. The van der Waals surface area contributed by atoms with E-state index in [9.17, 15) is 12.8 Å². The van der Waals surface area contributed by atoms with Crippen molar-refractivity contribution in [2.75, 3.05) is 13.1 Å². The Kier molecular flexibility index (Phi) is 5.88. The quantitative estimate of drug-likeness (QED) is 0.809. The molecule has 1 rings (SSSR count). The Hall–Kier alpha value is -0.760. The van der Waals surface area contributed by atoms with Crippen molar-refractivity contribution < 1.29 is 12.8 Å². The van der Waals surface area contributed by atoms with Gasteiger partial charge in [0, 0.05) is 19.0 Å². The zero-order valence-electron chi connectivity index (χ0n) is 11.1. The lowest BCUT2D eigenvalue weighted by Gasteiger charge is -2.24. The lowest BCUT2D eigenvalue weighted by Crippen LogP contribution is -2.38. The number of nitrogens with two attached hydrogens (primary N) is 1. The van der Waals surface area contributed by atoms with Crippen molar-refractivity contribution >= 4 is 38.8 Å². The molecule has 1 aromatic rings. The summed E-state index contributed by atoms with van der Waals surface area (Å²) in [5, 5.41) is -0.0205. The molecule has 0 aliphatic carbocycles. The fourth-order valence-corrected chi connectivity index (χ4v) is 3.71. The summed E-state index contributed by atoms with van der Waals surface area (Å²) in [4.78, 5) is -0.0276. The van der Waals surface area contributed by atoms with E-state index in [1.807, 2.05) is 0 Å². The van der Waals surface area contributed by atoms with E-state index in [1.165, 1.54) is 10.4 Å². The molecule has 0 spiro atoms. The van der Waals surface area contributed by atoms with Crippen molar-refractivity contribution in [1.29, 1.82) is 0 Å². The first kappa shape index (κ1) is 17.3. The highest BCUT2D eigenvalue weighted by molar-refractivity contribution is 7.89. The molecule has 1 unspecified atom stereocenters. The van der Waals surface area contributed by atoms with E-state index in [2.05, 4.69) is 0 Å². The highest BCUT2D eigenvalue weighted by Gasteiger charge is 2.27. The summed E-state index contributed by atoms with van der Waals surface area (Å²) >= 11 is 10.7. The number of rotatable bonds is 6. The fraction of sp³-hybridized carbons (Fsp3) is 0.417. The molecule has 20 heavy (non-hydrogen) atoms. The lowest BCUT2D eigenvalue weighted by molar-refractivity contribution is 0.405. The van der Waals surface area contributed by atoms with Crippen LogP contribution in [0.15, 0.2) is 23.1 Å². The van der Waals surface area contributed by atoms with Crippen LogP contribution in [0.4, 0.5) is 4.39 Å². The Morgan fingerprint density at radius 3 is 2.65 bits per heavy atom. The maximum atomic E-state index is 13.3. The van der Waals surface area contributed by atoms with E-state index < -0.39 is 15.8 Å². The van der Waals surface area contributed by atoms with E-state index in [4.69, 9.17) is 29.6 Å². The van der Waals surface area contributed by atoms with E-state index in [-0.39, 0.29) is 33.9 Å². The highest BCUT2D eigenvalue weighted by atomic mass is 35.5. The molecule has 1 atom stereocenters. The number of hydrogen-bond donors (Lipinski definition) is 1. The average Bonchev–Trinajstić information content (AvgIpc) is 2.37. The molecule has 1 aromatic carbocycles. The van der Waals surface area contributed by atoms with E-state index in [1.54, 1.807) is 13.8 Å². The third kappa shape index (κ3) is 3.88. The average molecular weight is 339 g/mol. The van der Waals surface area contributed by atoms with Gasteiger partial charge in [-0.25, -0.2) is 12.8 Å². The van der Waals surface area contributed by atoms with E-state index in [0.717, 1.165) is 12.1 Å². The van der Waals surface area contributed by atoms with Crippen LogP contribution in [0.3, 0.4) is 0 Å². The third-order valence-electron chi connectivity index (χ3n) is 2.83. The van der Waals surface area contributed by atoms with Gasteiger partial charge < -0.3 is 5.73 Å². The Morgan fingerprint density at radius 2 is 2.15 bits per heavy atom. The van der Waals surface area contributed by atoms with Gasteiger partial charge in [-0.1, -0.05) is 37.7 Å². The van der Waals surface area contributed by atoms with Crippen LogP contribution < -0.4 is 5.73 Å². The third-order valence-corrected chi connectivity index (χ3v) is 5.65. The second-order valence-corrected chi connectivity index (χ2v) is 7.12. The minimum absolute atomic E-state index is 0.0205. The number of halogens is 2. The number of thiocarbonyl (C=S) groups is 1. The van der Waals surface area contributed by atoms with Gasteiger partial charge in [0.2, 0.25) is 10.0 Å². The molecular formula is C12H16ClFN2O2S2. The molecular weight excluding hydrogens is 323 g/mol. The van der Waals surface area contributed by atoms with Crippen molar-refractivity contribution in [1.82, 2.24) is 4.31 Å². The minimum atomic E-state index is -3.89. The van der Waals surface area contributed by atoms with Crippen LogP contribution >= 0.6 is 23.8 Å². The van der Waals surface area contributed by atoms with Gasteiger partial charge in [0.1, 0.15) is 10.7 Å². The van der Waals surface area contributed by atoms with Crippen LogP contribution in [0.5, 0.6) is 0 Å². The molecule has 0 saturated carbocycles. The van der Waals surface area contributed by atoms with E-state index >= 15 is 0 Å².